The van der Waals surface area contributed by atoms with Gasteiger partial charge in [-0.15, -0.1) is 0 Å². The van der Waals surface area contributed by atoms with E-state index in [-0.39, 0.29) is 10.6 Å². The SMILES string of the molecule is O=C(CN1C(C(=O)c2ccccc2)=C(NCc2ccccc2)c2ccccc2S1(=O)=O)c1ccc(Br)cc1. The average Bonchev–Trinajstić information content (AvgIpc) is 2.95. The normalized spacial score (nSPS) is 14.1. The summed E-state index contributed by atoms with van der Waals surface area (Å²) < 4.78 is 29.6. The molecule has 0 aliphatic carbocycles. The summed E-state index contributed by atoms with van der Waals surface area (Å²) in [5.74, 6) is -0.927. The Morgan fingerprint density at radius 2 is 1.34 bits per heavy atom. The summed E-state index contributed by atoms with van der Waals surface area (Å²) >= 11 is 3.35. The Balaban J connectivity index is 1.68. The molecule has 0 radical (unpaired) electrons. The summed E-state index contributed by atoms with van der Waals surface area (Å²) in [5, 5.41) is 3.32. The number of Topliss-reactive ketones (excluding diaryl/α,β-unsaturated/α-hetero) is 2. The number of ketones is 2. The molecule has 0 unspecified atom stereocenters. The summed E-state index contributed by atoms with van der Waals surface area (Å²) in [5.41, 5.74) is 2.27. The molecule has 1 aliphatic rings. The Morgan fingerprint density at radius 1 is 0.737 bits per heavy atom. The van der Waals surface area contributed by atoms with Crippen molar-refractivity contribution in [3.05, 3.63) is 142 Å². The quantitative estimate of drug-likeness (QED) is 0.269. The van der Waals surface area contributed by atoms with Gasteiger partial charge in [-0.3, -0.25) is 13.9 Å². The molecule has 5 rings (SSSR count). The van der Waals surface area contributed by atoms with Crippen molar-refractivity contribution in [3.63, 3.8) is 0 Å². The number of rotatable bonds is 8. The number of carbonyl (C=O) groups excluding carboxylic acids is 2. The molecule has 0 fully saturated rings. The predicted octanol–water partition coefficient (Wildman–Crippen LogP) is 5.68. The molecule has 38 heavy (non-hydrogen) atoms. The highest BCUT2D eigenvalue weighted by Crippen LogP contribution is 2.37. The Morgan fingerprint density at radius 3 is 2.03 bits per heavy atom. The lowest BCUT2D eigenvalue weighted by Crippen LogP contribution is -2.42. The Labute approximate surface area is 229 Å². The van der Waals surface area contributed by atoms with Crippen molar-refractivity contribution in [1.82, 2.24) is 9.62 Å². The number of allylic oxidation sites excluding steroid dienone is 1. The molecular weight excluding hydrogens is 564 g/mol. The van der Waals surface area contributed by atoms with Crippen molar-refractivity contribution in [2.75, 3.05) is 6.54 Å². The van der Waals surface area contributed by atoms with Gasteiger partial charge in [0.05, 0.1) is 17.1 Å². The van der Waals surface area contributed by atoms with Crippen molar-refractivity contribution in [1.29, 1.82) is 0 Å². The van der Waals surface area contributed by atoms with Gasteiger partial charge >= 0.3 is 0 Å². The standard InChI is InChI=1S/C30H23BrN2O4S/c31-24-17-15-22(16-18-24)26(34)20-33-29(30(35)23-11-5-2-6-12-23)28(32-19-21-9-3-1-4-10-21)25-13-7-8-14-27(25)38(33,36)37/h1-18,32H,19-20H2. The van der Waals surface area contributed by atoms with Crippen LogP contribution in [0.3, 0.4) is 0 Å². The second kappa shape index (κ2) is 10.8. The zero-order valence-electron chi connectivity index (χ0n) is 20.2. The van der Waals surface area contributed by atoms with Crippen LogP contribution in [0, 0.1) is 0 Å². The lowest BCUT2D eigenvalue weighted by molar-refractivity contribution is 0.0958. The van der Waals surface area contributed by atoms with Gasteiger partial charge in [-0.25, -0.2) is 8.42 Å². The van der Waals surface area contributed by atoms with Crippen LogP contribution in [0.5, 0.6) is 0 Å². The van der Waals surface area contributed by atoms with Gasteiger partial charge in [0.25, 0.3) is 10.0 Å². The molecule has 0 spiro atoms. The lowest BCUT2D eigenvalue weighted by atomic mass is 10.0. The van der Waals surface area contributed by atoms with Gasteiger partial charge in [-0.1, -0.05) is 107 Å². The second-order valence-electron chi connectivity index (χ2n) is 8.70. The highest BCUT2D eigenvalue weighted by Gasteiger charge is 2.41. The van der Waals surface area contributed by atoms with Crippen LogP contribution in [0.15, 0.2) is 124 Å². The van der Waals surface area contributed by atoms with Crippen LogP contribution >= 0.6 is 15.9 Å². The summed E-state index contributed by atoms with van der Waals surface area (Å²) in [4.78, 5) is 27.3. The number of halogens is 1. The fraction of sp³-hybridized carbons (Fsp3) is 0.0667. The molecule has 190 valence electrons. The first-order valence-electron chi connectivity index (χ1n) is 11.9. The van der Waals surface area contributed by atoms with Crippen molar-refractivity contribution in [3.8, 4) is 0 Å². The molecule has 0 amide bonds. The number of hydrogen-bond donors (Lipinski definition) is 1. The Bertz CT molecular complexity index is 1630. The topological polar surface area (TPSA) is 83.6 Å². The molecule has 6 nitrogen and oxygen atoms in total. The molecule has 0 atom stereocenters. The minimum absolute atomic E-state index is 0.0313. The third-order valence-electron chi connectivity index (χ3n) is 6.23. The molecule has 0 saturated carbocycles. The van der Waals surface area contributed by atoms with Crippen molar-refractivity contribution >= 4 is 43.2 Å². The van der Waals surface area contributed by atoms with Gasteiger partial charge < -0.3 is 5.32 Å². The maximum atomic E-state index is 14.0. The average molecular weight is 587 g/mol. The molecule has 1 N–H and O–H groups in total. The van der Waals surface area contributed by atoms with Crippen LogP contribution in [0.2, 0.25) is 0 Å². The van der Waals surface area contributed by atoms with Crippen LogP contribution in [-0.2, 0) is 16.6 Å². The van der Waals surface area contributed by atoms with E-state index < -0.39 is 28.1 Å². The van der Waals surface area contributed by atoms with Gasteiger partial charge in [0.1, 0.15) is 5.70 Å². The minimum Gasteiger partial charge on any atom is -0.379 e. The monoisotopic (exact) mass is 586 g/mol. The zero-order valence-corrected chi connectivity index (χ0v) is 22.6. The number of nitrogens with one attached hydrogen (secondary N) is 1. The number of carbonyl (C=O) groups is 2. The first kappa shape index (κ1) is 25.6. The van der Waals surface area contributed by atoms with Crippen molar-refractivity contribution in [2.45, 2.75) is 11.4 Å². The van der Waals surface area contributed by atoms with Gasteiger partial charge in [-0.05, 0) is 23.8 Å². The summed E-state index contributed by atoms with van der Waals surface area (Å²) in [6.45, 7) is -0.173. The smallest absolute Gasteiger partial charge is 0.265 e. The molecule has 0 aromatic heterocycles. The van der Waals surface area contributed by atoms with Crippen molar-refractivity contribution < 1.29 is 18.0 Å². The van der Waals surface area contributed by atoms with E-state index in [1.54, 1.807) is 72.8 Å². The largest absolute Gasteiger partial charge is 0.379 e. The van der Waals surface area contributed by atoms with E-state index in [4.69, 9.17) is 0 Å². The van der Waals surface area contributed by atoms with E-state index in [0.29, 0.717) is 28.9 Å². The number of fused-ring (bicyclic) bond motifs is 1. The van der Waals surface area contributed by atoms with Gasteiger partial charge in [-0.2, -0.15) is 0 Å². The third kappa shape index (κ3) is 5.05. The molecule has 4 aromatic carbocycles. The molecule has 8 heteroatoms. The molecule has 4 aromatic rings. The molecule has 0 saturated heterocycles. The highest BCUT2D eigenvalue weighted by atomic mass is 79.9. The van der Waals surface area contributed by atoms with Crippen LogP contribution in [0.4, 0.5) is 0 Å². The number of sulfonamides is 1. The number of nitrogens with zero attached hydrogens (tertiary/aromatic N) is 1. The zero-order chi connectivity index (χ0) is 26.7. The van der Waals surface area contributed by atoms with E-state index in [1.807, 2.05) is 30.3 Å². The lowest BCUT2D eigenvalue weighted by Gasteiger charge is -2.33. The van der Waals surface area contributed by atoms with Crippen LogP contribution in [0.1, 0.15) is 31.8 Å². The Kier molecular flexibility index (Phi) is 7.26. The van der Waals surface area contributed by atoms with Crippen LogP contribution in [0.25, 0.3) is 5.70 Å². The third-order valence-corrected chi connectivity index (χ3v) is 8.56. The van der Waals surface area contributed by atoms with E-state index in [1.165, 1.54) is 6.07 Å². The fourth-order valence-electron chi connectivity index (χ4n) is 4.33. The molecule has 1 aliphatic heterocycles. The van der Waals surface area contributed by atoms with Crippen molar-refractivity contribution in [2.24, 2.45) is 0 Å². The number of hydrogen-bond acceptors (Lipinski definition) is 5. The maximum Gasteiger partial charge on any atom is 0.265 e. The van der Waals surface area contributed by atoms with E-state index in [0.717, 1.165) is 14.3 Å². The van der Waals surface area contributed by atoms with Gasteiger partial charge in [0.2, 0.25) is 5.78 Å². The van der Waals surface area contributed by atoms with Crippen LogP contribution in [-0.4, -0.2) is 30.8 Å². The molecule has 1 heterocycles. The predicted molar refractivity (Wildman–Crippen MR) is 150 cm³/mol. The highest BCUT2D eigenvalue weighted by molar-refractivity contribution is 9.10. The van der Waals surface area contributed by atoms with Crippen LogP contribution < -0.4 is 5.32 Å². The number of benzene rings is 4. The van der Waals surface area contributed by atoms with Gasteiger partial charge in [0, 0.05) is 27.7 Å². The van der Waals surface area contributed by atoms with E-state index in [2.05, 4.69) is 21.2 Å². The Hall–Kier alpha value is -4.01. The molecular formula is C30H23BrN2O4S. The fourth-order valence-corrected chi connectivity index (χ4v) is 6.23. The summed E-state index contributed by atoms with van der Waals surface area (Å²) in [6, 6.07) is 31.3. The first-order chi connectivity index (χ1) is 18.4. The first-order valence-corrected chi connectivity index (χ1v) is 14.1. The second-order valence-corrected chi connectivity index (χ2v) is 11.4. The minimum atomic E-state index is -4.23. The maximum absolute atomic E-state index is 14.0. The van der Waals surface area contributed by atoms with E-state index >= 15 is 0 Å². The van der Waals surface area contributed by atoms with Gasteiger partial charge in [0.15, 0.2) is 5.78 Å². The molecule has 0 bridgehead atoms. The summed E-state index contributed by atoms with van der Waals surface area (Å²) in [6.07, 6.45) is 0. The summed E-state index contributed by atoms with van der Waals surface area (Å²) in [7, 11) is -4.23. The van der Waals surface area contributed by atoms with E-state index in [9.17, 15) is 18.0 Å².